The summed E-state index contributed by atoms with van der Waals surface area (Å²) in [5.41, 5.74) is 0. The van der Waals surface area contributed by atoms with Crippen molar-refractivity contribution in [2.24, 2.45) is 11.8 Å². The molecule has 0 saturated carbocycles. The third-order valence-corrected chi connectivity index (χ3v) is 3.30. The minimum atomic E-state index is -0.201. The maximum Gasteiger partial charge on any atom is 0.324 e. The summed E-state index contributed by atoms with van der Waals surface area (Å²) in [6.07, 6.45) is 1.29. The summed E-state index contributed by atoms with van der Waals surface area (Å²) in [5, 5.41) is 3.05. The van der Waals surface area contributed by atoms with E-state index in [4.69, 9.17) is 4.74 Å². The number of hydrogen-bond donors (Lipinski definition) is 1. The zero-order valence-corrected chi connectivity index (χ0v) is 11.5. The molecule has 1 heterocycles. The van der Waals surface area contributed by atoms with Gasteiger partial charge in [0.15, 0.2) is 0 Å². The van der Waals surface area contributed by atoms with Gasteiger partial charge in [-0.3, -0.25) is 4.79 Å². The van der Waals surface area contributed by atoms with Gasteiger partial charge in [-0.25, -0.2) is 0 Å². The van der Waals surface area contributed by atoms with Crippen LogP contribution in [0.1, 0.15) is 27.2 Å². The van der Waals surface area contributed by atoms with Gasteiger partial charge in [0, 0.05) is 19.6 Å². The number of piperidine rings is 1. The number of ether oxygens (including phenoxy) is 1. The van der Waals surface area contributed by atoms with Crippen LogP contribution in [0.5, 0.6) is 0 Å². The summed E-state index contributed by atoms with van der Waals surface area (Å²) < 4.78 is 5.06. The summed E-state index contributed by atoms with van der Waals surface area (Å²) in [6, 6.07) is -0.201. The van der Waals surface area contributed by atoms with Crippen molar-refractivity contribution >= 4 is 5.97 Å². The molecule has 3 atom stereocenters. The molecule has 100 valence electrons. The average Bonchev–Trinajstić information content (AvgIpc) is 2.24. The van der Waals surface area contributed by atoms with Gasteiger partial charge >= 0.3 is 5.97 Å². The molecule has 17 heavy (non-hydrogen) atoms. The van der Waals surface area contributed by atoms with Gasteiger partial charge in [-0.05, 0) is 32.2 Å². The van der Waals surface area contributed by atoms with Crippen molar-refractivity contribution in [3.63, 3.8) is 0 Å². The lowest BCUT2D eigenvalue weighted by atomic mass is 9.91. The van der Waals surface area contributed by atoms with E-state index in [0.717, 1.165) is 31.5 Å². The van der Waals surface area contributed by atoms with Crippen molar-refractivity contribution in [3.8, 4) is 0 Å². The van der Waals surface area contributed by atoms with Crippen LogP contribution in [0.25, 0.3) is 0 Å². The highest BCUT2D eigenvalue weighted by Crippen LogP contribution is 2.20. The fraction of sp³-hybridized carbons (Fsp3) is 0.923. The molecule has 4 heteroatoms. The molecule has 4 nitrogen and oxygen atoms in total. The van der Waals surface area contributed by atoms with Crippen LogP contribution in [0.3, 0.4) is 0 Å². The van der Waals surface area contributed by atoms with Gasteiger partial charge in [0.1, 0.15) is 6.04 Å². The van der Waals surface area contributed by atoms with Crippen molar-refractivity contribution in [2.45, 2.75) is 33.2 Å². The third-order valence-electron chi connectivity index (χ3n) is 3.30. The second-order valence-corrected chi connectivity index (χ2v) is 5.26. The Bertz CT molecular complexity index is 236. The number of nitrogens with zero attached hydrogens (tertiary/aromatic N) is 1. The molecular weight excluding hydrogens is 216 g/mol. The Morgan fingerprint density at radius 1 is 1.41 bits per heavy atom. The van der Waals surface area contributed by atoms with Crippen LogP contribution < -0.4 is 5.32 Å². The fourth-order valence-electron chi connectivity index (χ4n) is 2.73. The minimum Gasteiger partial charge on any atom is -0.465 e. The van der Waals surface area contributed by atoms with Crippen LogP contribution in [0.4, 0.5) is 0 Å². The second kappa shape index (κ2) is 6.97. The van der Waals surface area contributed by atoms with Crippen LogP contribution >= 0.6 is 0 Å². The molecule has 0 radical (unpaired) electrons. The van der Waals surface area contributed by atoms with Gasteiger partial charge in [-0.15, -0.1) is 0 Å². The maximum absolute atomic E-state index is 11.7. The van der Waals surface area contributed by atoms with E-state index < -0.39 is 0 Å². The topological polar surface area (TPSA) is 41.6 Å². The van der Waals surface area contributed by atoms with Gasteiger partial charge in [0.2, 0.25) is 0 Å². The standard InChI is InChI=1S/C13H26N2O2/c1-5-17-13(16)12(14-4)9-15-7-10(2)6-11(3)8-15/h10-12,14H,5-9H2,1-4H3. The lowest BCUT2D eigenvalue weighted by Crippen LogP contribution is -2.49. The molecule has 0 bridgehead atoms. The van der Waals surface area contributed by atoms with E-state index in [0.29, 0.717) is 6.61 Å². The Hall–Kier alpha value is -0.610. The van der Waals surface area contributed by atoms with E-state index in [1.165, 1.54) is 6.42 Å². The number of rotatable bonds is 5. The Morgan fingerprint density at radius 3 is 2.47 bits per heavy atom. The summed E-state index contributed by atoms with van der Waals surface area (Å²) >= 11 is 0. The van der Waals surface area contributed by atoms with Crippen LogP contribution in [0.2, 0.25) is 0 Å². The predicted octanol–water partition coefficient (Wildman–Crippen LogP) is 1.12. The maximum atomic E-state index is 11.7. The van der Waals surface area contributed by atoms with Crippen molar-refractivity contribution in [3.05, 3.63) is 0 Å². The molecule has 1 saturated heterocycles. The molecular formula is C13H26N2O2. The average molecular weight is 242 g/mol. The van der Waals surface area contributed by atoms with E-state index >= 15 is 0 Å². The Kier molecular flexibility index (Phi) is 5.92. The predicted molar refractivity (Wildman–Crippen MR) is 68.9 cm³/mol. The minimum absolute atomic E-state index is 0.138. The van der Waals surface area contributed by atoms with E-state index in [2.05, 4.69) is 24.1 Å². The van der Waals surface area contributed by atoms with E-state index in [1.54, 1.807) is 0 Å². The number of likely N-dealkylation sites (N-methyl/N-ethyl adjacent to an activating group) is 1. The fourth-order valence-corrected chi connectivity index (χ4v) is 2.73. The largest absolute Gasteiger partial charge is 0.465 e. The molecule has 3 unspecified atom stereocenters. The molecule has 1 aliphatic heterocycles. The Balaban J connectivity index is 2.47. The molecule has 1 aliphatic rings. The van der Waals surface area contributed by atoms with E-state index in [1.807, 2.05) is 14.0 Å². The number of carbonyl (C=O) groups excluding carboxylic acids is 1. The lowest BCUT2D eigenvalue weighted by molar-refractivity contribution is -0.146. The highest BCUT2D eigenvalue weighted by Gasteiger charge is 2.26. The van der Waals surface area contributed by atoms with Crippen LogP contribution in [0.15, 0.2) is 0 Å². The first-order valence-electron chi connectivity index (χ1n) is 6.63. The number of esters is 1. The van der Waals surface area contributed by atoms with Crippen LogP contribution in [-0.4, -0.2) is 50.2 Å². The van der Waals surface area contributed by atoms with Crippen molar-refractivity contribution in [1.29, 1.82) is 0 Å². The Morgan fingerprint density at radius 2 is 2.00 bits per heavy atom. The first-order valence-corrected chi connectivity index (χ1v) is 6.63. The molecule has 0 aromatic carbocycles. The van der Waals surface area contributed by atoms with Gasteiger partial charge in [0.05, 0.1) is 6.61 Å². The molecule has 1 rings (SSSR count). The quantitative estimate of drug-likeness (QED) is 0.734. The number of likely N-dealkylation sites (tertiary alicyclic amines) is 1. The zero-order chi connectivity index (χ0) is 12.8. The first-order chi connectivity index (χ1) is 8.06. The molecule has 0 aromatic rings. The Labute approximate surface area is 105 Å². The van der Waals surface area contributed by atoms with Crippen molar-refractivity contribution in [1.82, 2.24) is 10.2 Å². The van der Waals surface area contributed by atoms with E-state index in [-0.39, 0.29) is 12.0 Å². The summed E-state index contributed by atoms with van der Waals surface area (Å²) in [4.78, 5) is 14.1. The van der Waals surface area contributed by atoms with Crippen LogP contribution in [0, 0.1) is 11.8 Å². The number of nitrogens with one attached hydrogen (secondary N) is 1. The SMILES string of the molecule is CCOC(=O)C(CN1CC(C)CC(C)C1)NC. The molecule has 0 spiro atoms. The normalized spacial score (nSPS) is 27.8. The van der Waals surface area contributed by atoms with E-state index in [9.17, 15) is 4.79 Å². The van der Waals surface area contributed by atoms with Crippen molar-refractivity contribution in [2.75, 3.05) is 33.3 Å². The highest BCUT2D eigenvalue weighted by molar-refractivity contribution is 5.76. The van der Waals surface area contributed by atoms with Crippen LogP contribution in [-0.2, 0) is 9.53 Å². The lowest BCUT2D eigenvalue weighted by Gasteiger charge is -2.36. The molecule has 0 aliphatic carbocycles. The third kappa shape index (κ3) is 4.64. The first kappa shape index (κ1) is 14.5. The summed E-state index contributed by atoms with van der Waals surface area (Å²) in [5.74, 6) is 1.30. The zero-order valence-electron chi connectivity index (χ0n) is 11.5. The van der Waals surface area contributed by atoms with Gasteiger partial charge in [0.25, 0.3) is 0 Å². The van der Waals surface area contributed by atoms with Gasteiger partial charge < -0.3 is 15.0 Å². The van der Waals surface area contributed by atoms with Crippen molar-refractivity contribution < 1.29 is 9.53 Å². The smallest absolute Gasteiger partial charge is 0.324 e. The summed E-state index contributed by atoms with van der Waals surface area (Å²) in [6.45, 7) is 9.77. The second-order valence-electron chi connectivity index (χ2n) is 5.26. The van der Waals surface area contributed by atoms with Gasteiger partial charge in [-0.1, -0.05) is 13.8 Å². The van der Waals surface area contributed by atoms with Gasteiger partial charge in [-0.2, -0.15) is 0 Å². The summed E-state index contributed by atoms with van der Waals surface area (Å²) in [7, 11) is 1.82. The highest BCUT2D eigenvalue weighted by atomic mass is 16.5. The molecule has 0 amide bonds. The molecule has 1 N–H and O–H groups in total. The number of carbonyl (C=O) groups is 1. The number of hydrogen-bond acceptors (Lipinski definition) is 4. The molecule has 1 fully saturated rings. The molecule has 0 aromatic heterocycles. The monoisotopic (exact) mass is 242 g/mol.